The number of amides is 1. The summed E-state index contributed by atoms with van der Waals surface area (Å²) in [4.78, 5) is 28.1. The molecule has 2 aliphatic heterocycles. The number of carbonyl (C=O) groups is 2. The molecule has 5 rings (SSSR count). The second-order valence-electron chi connectivity index (χ2n) is 8.29. The highest BCUT2D eigenvalue weighted by Gasteiger charge is 2.47. The van der Waals surface area contributed by atoms with Gasteiger partial charge < -0.3 is 9.84 Å². The number of ketones is 1. The normalized spacial score (nSPS) is 19.2. The molecular weight excluding hydrogens is 402 g/mol. The standard InChI is InChI=1S/C27H23NO4/c1-16-6-5-8-19(14-16)24-23(25(29)20-10-11-22-18(15-20)12-13-32-22)26(30)27(31)28(24)21-9-4-3-7-17(21)2/h3-11,14-15,24,29H,12-13H2,1-2H3/b25-23-. The molecule has 5 nitrogen and oxygen atoms in total. The Morgan fingerprint density at radius 3 is 2.59 bits per heavy atom. The van der Waals surface area contributed by atoms with Crippen LogP contribution >= 0.6 is 0 Å². The molecule has 32 heavy (non-hydrogen) atoms. The number of carbonyl (C=O) groups excluding carboxylic acids is 2. The number of Topliss-reactive ketones (excluding diaryl/α,β-unsaturated/α-hetero) is 1. The number of ether oxygens (including phenoxy) is 1. The van der Waals surface area contributed by atoms with Gasteiger partial charge in [-0.25, -0.2) is 0 Å². The number of aryl methyl sites for hydroxylation is 2. The van der Waals surface area contributed by atoms with Crippen LogP contribution in [0.2, 0.25) is 0 Å². The van der Waals surface area contributed by atoms with Gasteiger partial charge in [-0.05, 0) is 54.8 Å². The Kier molecular flexibility index (Phi) is 4.82. The van der Waals surface area contributed by atoms with Gasteiger partial charge in [0.2, 0.25) is 0 Å². The van der Waals surface area contributed by atoms with E-state index in [1.54, 1.807) is 12.1 Å². The molecule has 0 radical (unpaired) electrons. The Hall–Kier alpha value is -3.86. The van der Waals surface area contributed by atoms with E-state index in [-0.39, 0.29) is 11.3 Å². The molecule has 1 unspecified atom stereocenters. The van der Waals surface area contributed by atoms with Crippen LogP contribution in [0, 0.1) is 13.8 Å². The molecule has 0 bridgehead atoms. The lowest BCUT2D eigenvalue weighted by Gasteiger charge is -2.27. The molecular formula is C27H23NO4. The van der Waals surface area contributed by atoms with E-state index in [0.717, 1.165) is 34.4 Å². The molecule has 0 aliphatic carbocycles. The van der Waals surface area contributed by atoms with Crippen LogP contribution in [0.15, 0.2) is 72.3 Å². The predicted molar refractivity (Wildman–Crippen MR) is 123 cm³/mol. The number of aliphatic hydroxyl groups is 1. The lowest BCUT2D eigenvalue weighted by molar-refractivity contribution is -0.132. The van der Waals surface area contributed by atoms with Gasteiger partial charge in [0.1, 0.15) is 11.5 Å². The fourth-order valence-corrected chi connectivity index (χ4v) is 4.56. The van der Waals surface area contributed by atoms with Crippen LogP contribution in [0.3, 0.4) is 0 Å². The van der Waals surface area contributed by atoms with E-state index in [1.165, 1.54) is 4.90 Å². The molecule has 2 aliphatic rings. The number of anilines is 1. The Labute approximate surface area is 186 Å². The van der Waals surface area contributed by atoms with Crippen molar-refractivity contribution in [1.82, 2.24) is 0 Å². The van der Waals surface area contributed by atoms with Crippen molar-refractivity contribution < 1.29 is 19.4 Å². The lowest BCUT2D eigenvalue weighted by atomic mass is 9.93. The molecule has 3 aromatic carbocycles. The summed E-state index contributed by atoms with van der Waals surface area (Å²) in [6.07, 6.45) is 0.745. The van der Waals surface area contributed by atoms with E-state index < -0.39 is 17.7 Å². The first kappa shape index (κ1) is 20.1. The highest BCUT2D eigenvalue weighted by molar-refractivity contribution is 6.51. The summed E-state index contributed by atoms with van der Waals surface area (Å²) in [5.74, 6) is -0.705. The quantitative estimate of drug-likeness (QED) is 0.370. The Bertz CT molecular complexity index is 1290. The monoisotopic (exact) mass is 425 g/mol. The summed E-state index contributed by atoms with van der Waals surface area (Å²) < 4.78 is 5.56. The first-order chi connectivity index (χ1) is 15.5. The smallest absolute Gasteiger partial charge is 0.300 e. The zero-order valence-electron chi connectivity index (χ0n) is 18.0. The zero-order chi connectivity index (χ0) is 22.4. The molecule has 0 saturated carbocycles. The van der Waals surface area contributed by atoms with Crippen LogP contribution in [0.1, 0.15) is 33.9 Å². The summed E-state index contributed by atoms with van der Waals surface area (Å²) in [5.41, 5.74) is 4.90. The van der Waals surface area contributed by atoms with Gasteiger partial charge >= 0.3 is 0 Å². The third kappa shape index (κ3) is 3.17. The van der Waals surface area contributed by atoms with Gasteiger partial charge in [-0.3, -0.25) is 14.5 Å². The Balaban J connectivity index is 1.73. The van der Waals surface area contributed by atoms with Crippen molar-refractivity contribution in [2.75, 3.05) is 11.5 Å². The van der Waals surface area contributed by atoms with Crippen molar-refractivity contribution >= 4 is 23.1 Å². The fourth-order valence-electron chi connectivity index (χ4n) is 4.56. The number of benzene rings is 3. The molecule has 160 valence electrons. The first-order valence-corrected chi connectivity index (χ1v) is 10.6. The van der Waals surface area contributed by atoms with Gasteiger partial charge in [0.15, 0.2) is 0 Å². The van der Waals surface area contributed by atoms with Crippen molar-refractivity contribution in [2.24, 2.45) is 0 Å². The minimum atomic E-state index is -0.722. The highest BCUT2D eigenvalue weighted by Crippen LogP contribution is 2.43. The van der Waals surface area contributed by atoms with Crippen molar-refractivity contribution in [2.45, 2.75) is 26.3 Å². The van der Waals surface area contributed by atoms with Crippen molar-refractivity contribution in [1.29, 1.82) is 0 Å². The predicted octanol–water partition coefficient (Wildman–Crippen LogP) is 4.86. The van der Waals surface area contributed by atoms with Gasteiger partial charge in [0.05, 0.1) is 18.2 Å². The van der Waals surface area contributed by atoms with E-state index >= 15 is 0 Å². The molecule has 1 amide bonds. The summed E-state index contributed by atoms with van der Waals surface area (Å²) >= 11 is 0. The van der Waals surface area contributed by atoms with Crippen LogP contribution in [-0.2, 0) is 16.0 Å². The maximum Gasteiger partial charge on any atom is 0.300 e. The molecule has 1 atom stereocenters. The average molecular weight is 425 g/mol. The summed E-state index contributed by atoms with van der Waals surface area (Å²) in [6, 6.07) is 19.8. The maximum absolute atomic E-state index is 13.3. The van der Waals surface area contributed by atoms with Crippen LogP contribution in [0.5, 0.6) is 5.75 Å². The summed E-state index contributed by atoms with van der Waals surface area (Å²) in [7, 11) is 0. The van der Waals surface area contributed by atoms with Gasteiger partial charge in [-0.1, -0.05) is 48.0 Å². The van der Waals surface area contributed by atoms with Crippen LogP contribution in [0.25, 0.3) is 5.76 Å². The summed E-state index contributed by atoms with van der Waals surface area (Å²) in [6.45, 7) is 4.47. The molecule has 3 aromatic rings. The van der Waals surface area contributed by atoms with Gasteiger partial charge in [-0.2, -0.15) is 0 Å². The van der Waals surface area contributed by atoms with Crippen molar-refractivity contribution in [3.63, 3.8) is 0 Å². The Morgan fingerprint density at radius 2 is 1.81 bits per heavy atom. The maximum atomic E-state index is 13.3. The van der Waals surface area contributed by atoms with E-state index in [2.05, 4.69) is 0 Å². The second kappa shape index (κ2) is 7.68. The number of hydrogen-bond donors (Lipinski definition) is 1. The van der Waals surface area contributed by atoms with E-state index in [4.69, 9.17) is 4.74 Å². The Morgan fingerprint density at radius 1 is 1.00 bits per heavy atom. The molecule has 1 saturated heterocycles. The minimum Gasteiger partial charge on any atom is -0.507 e. The molecule has 2 heterocycles. The number of rotatable bonds is 3. The zero-order valence-corrected chi connectivity index (χ0v) is 18.0. The summed E-state index contributed by atoms with van der Waals surface area (Å²) in [5, 5.41) is 11.3. The topological polar surface area (TPSA) is 66.8 Å². The van der Waals surface area contributed by atoms with Gasteiger partial charge in [0, 0.05) is 17.7 Å². The van der Waals surface area contributed by atoms with Crippen molar-refractivity contribution in [3.05, 3.63) is 100 Å². The fraction of sp³-hybridized carbons (Fsp3) is 0.185. The molecule has 0 spiro atoms. The largest absolute Gasteiger partial charge is 0.507 e. The molecule has 5 heteroatoms. The van der Waals surface area contributed by atoms with Crippen molar-refractivity contribution in [3.8, 4) is 5.75 Å². The lowest BCUT2D eigenvalue weighted by Crippen LogP contribution is -2.30. The molecule has 1 N–H and O–H groups in total. The number of fused-ring (bicyclic) bond motifs is 1. The second-order valence-corrected chi connectivity index (χ2v) is 8.29. The van der Waals surface area contributed by atoms with Crippen LogP contribution in [0.4, 0.5) is 5.69 Å². The van der Waals surface area contributed by atoms with Gasteiger partial charge in [0.25, 0.3) is 11.7 Å². The third-order valence-electron chi connectivity index (χ3n) is 6.14. The van der Waals surface area contributed by atoms with Gasteiger partial charge in [-0.15, -0.1) is 0 Å². The number of aliphatic hydroxyl groups excluding tert-OH is 1. The number of hydrogen-bond acceptors (Lipinski definition) is 4. The van der Waals surface area contributed by atoms with E-state index in [0.29, 0.717) is 17.9 Å². The minimum absolute atomic E-state index is 0.0997. The highest BCUT2D eigenvalue weighted by atomic mass is 16.5. The van der Waals surface area contributed by atoms with Crippen LogP contribution in [-0.4, -0.2) is 23.4 Å². The average Bonchev–Trinajstić information content (AvgIpc) is 3.36. The molecule has 0 aromatic heterocycles. The van der Waals surface area contributed by atoms with E-state index in [1.807, 2.05) is 68.4 Å². The molecule has 1 fully saturated rings. The number of para-hydroxylation sites is 1. The number of nitrogens with zero attached hydrogens (tertiary/aromatic N) is 1. The third-order valence-corrected chi connectivity index (χ3v) is 6.14. The first-order valence-electron chi connectivity index (χ1n) is 10.6. The SMILES string of the molecule is Cc1cccc(C2/C(=C(/O)c3ccc4c(c3)CCO4)C(=O)C(=O)N2c2ccccc2C)c1. The van der Waals surface area contributed by atoms with Crippen LogP contribution < -0.4 is 9.64 Å². The van der Waals surface area contributed by atoms with E-state index in [9.17, 15) is 14.7 Å².